The number of nitro groups is 1. The fraction of sp³-hybridized carbons (Fsp3) is 0.407. The van der Waals surface area contributed by atoms with E-state index in [1.165, 1.54) is 55.3 Å². The number of nitro benzene ring substituents is 1. The molecule has 21 heteroatoms. The summed E-state index contributed by atoms with van der Waals surface area (Å²) in [5.41, 5.74) is -4.31. The van der Waals surface area contributed by atoms with Gasteiger partial charge in [-0.25, -0.2) is 14.6 Å². The number of hydrogen-bond acceptors (Lipinski definition) is 15. The standard InChI is InChI=1S/C27H25ClN6O12S2/c1-26(2,24(41)44-9-12-3-5-14(6-4-12)34(42)43)46-32-18(15-11-48-25(29-15)30-16(35)8-28)20(37)31-19-21(38)33-22(19)47-10-13-7-17(36)45-27(13,33)23(39)40/h3-6,11,13,19,22H,7-10H2,1-2H3,(H,31,37)(H,39,40)(H,29,30,35)/b32-18-/t13-,19+,22+,27+/m0/s1. The predicted molar refractivity (Wildman–Crippen MR) is 166 cm³/mol. The number of nitrogens with zero attached hydrogens (tertiary/aromatic N) is 4. The van der Waals surface area contributed by atoms with Crippen molar-refractivity contribution in [3.05, 3.63) is 51.0 Å². The molecule has 4 atom stereocenters. The number of carbonyl (C=O) groups is 6. The van der Waals surface area contributed by atoms with Crippen LogP contribution in [-0.2, 0) is 49.7 Å². The molecule has 3 aliphatic rings. The number of oxime groups is 1. The number of benzene rings is 1. The average Bonchev–Trinajstić information content (AvgIpc) is 3.65. The Kier molecular flexibility index (Phi) is 9.60. The molecule has 3 amide bonds. The number of fused-ring (bicyclic) bond motifs is 3. The van der Waals surface area contributed by atoms with Crippen LogP contribution in [0.3, 0.4) is 0 Å². The molecule has 3 saturated heterocycles. The van der Waals surface area contributed by atoms with E-state index in [9.17, 15) is 44.0 Å². The predicted octanol–water partition coefficient (Wildman–Crippen LogP) is 1.22. The van der Waals surface area contributed by atoms with Crippen molar-refractivity contribution in [2.24, 2.45) is 11.1 Å². The molecule has 0 unspecified atom stereocenters. The molecule has 0 spiro atoms. The average molecular weight is 725 g/mol. The summed E-state index contributed by atoms with van der Waals surface area (Å²) in [4.78, 5) is 96.6. The molecule has 3 fully saturated rings. The number of non-ortho nitro benzene ring substituents is 1. The summed E-state index contributed by atoms with van der Waals surface area (Å²) in [6, 6.07) is 4.06. The third kappa shape index (κ3) is 6.49. The second-order valence-corrected chi connectivity index (χ2v) is 13.3. The second-order valence-electron chi connectivity index (χ2n) is 11.0. The Labute approximate surface area is 283 Å². The van der Waals surface area contributed by atoms with Crippen LogP contribution in [-0.4, -0.2) is 95.6 Å². The highest BCUT2D eigenvalue weighted by molar-refractivity contribution is 8.00. The zero-order chi connectivity index (χ0) is 35.0. The number of esters is 2. The molecule has 3 N–H and O–H groups in total. The fourth-order valence-corrected chi connectivity index (χ4v) is 7.29. The lowest BCUT2D eigenvalue weighted by molar-refractivity contribution is -0.384. The maximum Gasteiger partial charge on any atom is 0.370 e. The van der Waals surface area contributed by atoms with Crippen molar-refractivity contribution in [2.45, 2.75) is 49.6 Å². The summed E-state index contributed by atoms with van der Waals surface area (Å²) in [6.45, 7) is 2.34. The minimum atomic E-state index is -2.19. The van der Waals surface area contributed by atoms with E-state index in [1.807, 2.05) is 0 Å². The number of thiazole rings is 1. The summed E-state index contributed by atoms with van der Waals surface area (Å²) in [7, 11) is 0. The van der Waals surface area contributed by atoms with Crippen molar-refractivity contribution < 1.29 is 53.1 Å². The van der Waals surface area contributed by atoms with Crippen LogP contribution in [0.1, 0.15) is 31.5 Å². The third-order valence-corrected chi connectivity index (χ3v) is 9.82. The molecule has 0 aliphatic carbocycles. The maximum atomic E-state index is 13.6. The molecule has 1 aromatic carbocycles. The minimum absolute atomic E-state index is 0.0455. The van der Waals surface area contributed by atoms with Crippen LogP contribution in [0.5, 0.6) is 0 Å². The Morgan fingerprint density at radius 1 is 1.27 bits per heavy atom. The molecular formula is C27H25ClN6O12S2. The summed E-state index contributed by atoms with van der Waals surface area (Å²) < 4.78 is 10.4. The molecule has 0 saturated carbocycles. The summed E-state index contributed by atoms with van der Waals surface area (Å²) in [5.74, 6) is -6.57. The number of β-lactam (4-membered cyclic amide) rings is 1. The van der Waals surface area contributed by atoms with Gasteiger partial charge in [0.25, 0.3) is 23.2 Å². The number of anilines is 1. The van der Waals surface area contributed by atoms with Gasteiger partial charge in [0.05, 0.1) is 11.3 Å². The largest absolute Gasteiger partial charge is 0.477 e. The van der Waals surface area contributed by atoms with Crippen LogP contribution in [0, 0.1) is 16.0 Å². The lowest BCUT2D eigenvalue weighted by atomic mass is 9.89. The number of nitrogens with one attached hydrogen (secondary N) is 2. The maximum absolute atomic E-state index is 13.6. The molecular weight excluding hydrogens is 700 g/mol. The summed E-state index contributed by atoms with van der Waals surface area (Å²) in [6.07, 6.45) is -0.181. The van der Waals surface area contributed by atoms with Crippen molar-refractivity contribution in [3.8, 4) is 0 Å². The van der Waals surface area contributed by atoms with Gasteiger partial charge in [-0.2, -0.15) is 0 Å². The monoisotopic (exact) mass is 724 g/mol. The molecule has 0 bridgehead atoms. The van der Waals surface area contributed by atoms with Crippen LogP contribution in [0.2, 0.25) is 0 Å². The number of amides is 3. The van der Waals surface area contributed by atoms with Crippen molar-refractivity contribution in [3.63, 3.8) is 0 Å². The third-order valence-electron chi connectivity index (χ3n) is 7.40. The number of carboxylic acids is 1. The number of carboxylic acid groups (broad SMARTS) is 1. The van der Waals surface area contributed by atoms with E-state index in [4.69, 9.17) is 25.9 Å². The zero-order valence-electron chi connectivity index (χ0n) is 24.9. The number of aromatic nitrogens is 1. The number of halogens is 1. The number of thioether (sulfide) groups is 1. The highest BCUT2D eigenvalue weighted by Crippen LogP contribution is 2.51. The summed E-state index contributed by atoms with van der Waals surface area (Å²) in [5, 5.41) is 30.1. The number of carbonyl (C=O) groups excluding carboxylic acids is 5. The van der Waals surface area contributed by atoms with E-state index in [0.717, 1.165) is 16.2 Å². The van der Waals surface area contributed by atoms with Crippen LogP contribution >= 0.6 is 34.7 Å². The van der Waals surface area contributed by atoms with Gasteiger partial charge in [-0.1, -0.05) is 5.16 Å². The molecule has 2 aromatic rings. The topological polar surface area (TPSA) is 246 Å². The molecule has 5 rings (SSSR count). The van der Waals surface area contributed by atoms with Gasteiger partial charge in [-0.3, -0.25) is 34.2 Å². The van der Waals surface area contributed by atoms with E-state index in [0.29, 0.717) is 5.56 Å². The Balaban J connectivity index is 1.33. The van der Waals surface area contributed by atoms with E-state index in [-0.39, 0.29) is 41.2 Å². The lowest BCUT2D eigenvalue weighted by Gasteiger charge is -2.56. The van der Waals surface area contributed by atoms with Gasteiger partial charge in [0.2, 0.25) is 11.5 Å². The van der Waals surface area contributed by atoms with E-state index < -0.39 is 74.9 Å². The van der Waals surface area contributed by atoms with E-state index in [2.05, 4.69) is 20.8 Å². The Bertz CT molecular complexity index is 1730. The molecule has 254 valence electrons. The highest BCUT2D eigenvalue weighted by Gasteiger charge is 2.71. The van der Waals surface area contributed by atoms with E-state index in [1.54, 1.807) is 0 Å². The number of hydrogen-bond donors (Lipinski definition) is 3. The first kappa shape index (κ1) is 34.5. The number of aliphatic carboxylic acids is 1. The smallest absolute Gasteiger partial charge is 0.370 e. The molecule has 3 aliphatic heterocycles. The van der Waals surface area contributed by atoms with E-state index >= 15 is 0 Å². The van der Waals surface area contributed by atoms with Crippen LogP contribution in [0.25, 0.3) is 0 Å². The van der Waals surface area contributed by atoms with Crippen LogP contribution < -0.4 is 10.6 Å². The molecule has 1 aromatic heterocycles. The van der Waals surface area contributed by atoms with Gasteiger partial charge < -0.3 is 30.1 Å². The minimum Gasteiger partial charge on any atom is -0.477 e. The van der Waals surface area contributed by atoms with Crippen LogP contribution in [0.4, 0.5) is 10.8 Å². The van der Waals surface area contributed by atoms with Gasteiger partial charge >= 0.3 is 17.9 Å². The van der Waals surface area contributed by atoms with Crippen molar-refractivity contribution in [1.82, 2.24) is 15.2 Å². The van der Waals surface area contributed by atoms with Crippen molar-refractivity contribution >= 4 is 86.9 Å². The Hall–Kier alpha value is -4.82. The fourth-order valence-electron chi connectivity index (χ4n) is 4.95. The highest BCUT2D eigenvalue weighted by atomic mass is 35.5. The lowest BCUT2D eigenvalue weighted by Crippen LogP contribution is -2.80. The second kappa shape index (κ2) is 13.4. The zero-order valence-corrected chi connectivity index (χ0v) is 27.3. The van der Waals surface area contributed by atoms with Crippen LogP contribution in [0.15, 0.2) is 34.8 Å². The molecule has 0 radical (unpaired) electrons. The Morgan fingerprint density at radius 2 is 1.98 bits per heavy atom. The van der Waals surface area contributed by atoms with Gasteiger partial charge in [-0.15, -0.1) is 34.7 Å². The Morgan fingerprint density at radius 3 is 2.62 bits per heavy atom. The number of alkyl halides is 1. The first-order chi connectivity index (χ1) is 22.7. The number of ether oxygens (including phenoxy) is 2. The molecule has 48 heavy (non-hydrogen) atoms. The van der Waals surface area contributed by atoms with Crippen molar-refractivity contribution in [1.29, 1.82) is 0 Å². The first-order valence-electron chi connectivity index (χ1n) is 13.9. The quantitative estimate of drug-likeness (QED) is 0.0696. The SMILES string of the molecule is CC(C)(O/N=C(\C(=O)N[C@@H]1C(=O)N2[C@@H]1SC[C@@H]1CC(=O)O[C@@]12C(=O)O)c1csc(NC(=O)CCl)n1)C(=O)OCc1ccc([N+](=O)[O-])cc1. The van der Waals surface area contributed by atoms with Gasteiger partial charge in [-0.05, 0) is 31.5 Å². The van der Waals surface area contributed by atoms with Crippen molar-refractivity contribution in [2.75, 3.05) is 16.9 Å². The first-order valence-corrected chi connectivity index (χ1v) is 16.3. The number of rotatable bonds is 12. The molecule has 18 nitrogen and oxygen atoms in total. The van der Waals surface area contributed by atoms with Gasteiger partial charge in [0.1, 0.15) is 29.6 Å². The van der Waals surface area contributed by atoms with Gasteiger partial charge in [0.15, 0.2) is 10.8 Å². The van der Waals surface area contributed by atoms with Gasteiger partial charge in [0, 0.05) is 29.2 Å². The summed E-state index contributed by atoms with van der Waals surface area (Å²) >= 11 is 7.62. The normalized spacial score (nSPS) is 23.2. The molecule has 4 heterocycles.